The molecule has 1 aliphatic heterocycles. The molecule has 2 aromatic carbocycles. The molecule has 6 heteroatoms. The number of carbonyl (C=O) groups is 1. The Kier molecular flexibility index (Phi) is 5.52. The van der Waals surface area contributed by atoms with Crippen molar-refractivity contribution in [1.82, 2.24) is 4.90 Å². The number of likely N-dealkylation sites (tertiary alicyclic amines) is 1. The van der Waals surface area contributed by atoms with E-state index in [0.29, 0.717) is 18.7 Å². The first-order chi connectivity index (χ1) is 12.5. The second kappa shape index (κ2) is 7.83. The van der Waals surface area contributed by atoms with Crippen LogP contribution < -0.4 is 10.2 Å². The summed E-state index contributed by atoms with van der Waals surface area (Å²) in [5.41, 5.74) is 1.47. The molecular formula is C20H23F2N3O. The Balaban J connectivity index is 1.72. The van der Waals surface area contributed by atoms with E-state index < -0.39 is 18.0 Å². The number of hydrogen-bond acceptors (Lipinski definition) is 3. The summed E-state index contributed by atoms with van der Waals surface area (Å²) in [6, 6.07) is 13.3. The van der Waals surface area contributed by atoms with Gasteiger partial charge in [-0.15, -0.1) is 0 Å². The standard InChI is InChI=1S/C20H23F2N3O/c1-24-11-10-16(13-19(24)22)25(2)15-7-5-6-14(12-15)23-20(26)17-8-3-4-9-18(17)21/h3-9,12,16,19H,10-11,13H2,1-2H3,(H,23,26). The molecule has 1 heterocycles. The van der Waals surface area contributed by atoms with Gasteiger partial charge in [0.25, 0.3) is 5.91 Å². The summed E-state index contributed by atoms with van der Waals surface area (Å²) >= 11 is 0. The number of alkyl halides is 1. The van der Waals surface area contributed by atoms with E-state index >= 15 is 0 Å². The molecule has 3 rings (SSSR count). The molecule has 2 atom stereocenters. The Hall–Kier alpha value is -2.47. The van der Waals surface area contributed by atoms with Crippen LogP contribution in [0.4, 0.5) is 20.2 Å². The van der Waals surface area contributed by atoms with Crippen LogP contribution >= 0.6 is 0 Å². The topological polar surface area (TPSA) is 35.6 Å². The lowest BCUT2D eigenvalue weighted by atomic mass is 10.0. The molecule has 0 aromatic heterocycles. The largest absolute Gasteiger partial charge is 0.371 e. The lowest BCUT2D eigenvalue weighted by Gasteiger charge is -2.38. The molecule has 26 heavy (non-hydrogen) atoms. The first-order valence-corrected chi connectivity index (χ1v) is 8.69. The van der Waals surface area contributed by atoms with Gasteiger partial charge in [0.15, 0.2) is 6.30 Å². The molecule has 1 aliphatic rings. The minimum Gasteiger partial charge on any atom is -0.371 e. The molecule has 1 N–H and O–H groups in total. The van der Waals surface area contributed by atoms with E-state index in [-0.39, 0.29) is 11.6 Å². The first-order valence-electron chi connectivity index (χ1n) is 8.69. The minimum absolute atomic E-state index is 0.00171. The van der Waals surface area contributed by atoms with Gasteiger partial charge in [-0.25, -0.2) is 8.78 Å². The monoisotopic (exact) mass is 359 g/mol. The summed E-state index contributed by atoms with van der Waals surface area (Å²) in [4.78, 5) is 16.0. The van der Waals surface area contributed by atoms with Gasteiger partial charge in [-0.1, -0.05) is 18.2 Å². The fraction of sp³-hybridized carbons (Fsp3) is 0.350. The summed E-state index contributed by atoms with van der Waals surface area (Å²) in [5.74, 6) is -1.05. The predicted octanol–water partition coefficient (Wildman–Crippen LogP) is 3.90. The van der Waals surface area contributed by atoms with Crippen molar-refractivity contribution < 1.29 is 13.6 Å². The van der Waals surface area contributed by atoms with Gasteiger partial charge in [0.2, 0.25) is 0 Å². The fourth-order valence-corrected chi connectivity index (χ4v) is 3.22. The van der Waals surface area contributed by atoms with Crippen LogP contribution in [0.15, 0.2) is 48.5 Å². The maximum Gasteiger partial charge on any atom is 0.258 e. The van der Waals surface area contributed by atoms with Crippen molar-refractivity contribution in [2.75, 3.05) is 30.9 Å². The Labute approximate surface area is 152 Å². The summed E-state index contributed by atoms with van der Waals surface area (Å²) in [7, 11) is 3.72. The Bertz CT molecular complexity index is 783. The number of nitrogens with one attached hydrogen (secondary N) is 1. The fourth-order valence-electron chi connectivity index (χ4n) is 3.22. The number of amides is 1. The Morgan fingerprint density at radius 1 is 1.23 bits per heavy atom. The van der Waals surface area contributed by atoms with Crippen molar-refractivity contribution in [3.8, 4) is 0 Å². The maximum absolute atomic E-state index is 14.0. The van der Waals surface area contributed by atoms with E-state index in [0.717, 1.165) is 12.1 Å². The van der Waals surface area contributed by atoms with Crippen molar-refractivity contribution in [2.24, 2.45) is 0 Å². The van der Waals surface area contributed by atoms with Crippen LogP contribution in [0.2, 0.25) is 0 Å². The van der Waals surface area contributed by atoms with Gasteiger partial charge in [-0.05, 0) is 43.8 Å². The molecule has 0 aliphatic carbocycles. The summed E-state index contributed by atoms with van der Waals surface area (Å²) in [5, 5.41) is 2.73. The number of anilines is 2. The number of benzene rings is 2. The van der Waals surface area contributed by atoms with E-state index in [9.17, 15) is 13.6 Å². The van der Waals surface area contributed by atoms with Gasteiger partial charge in [-0.3, -0.25) is 9.69 Å². The number of carbonyl (C=O) groups excluding carboxylic acids is 1. The van der Waals surface area contributed by atoms with E-state index in [1.54, 1.807) is 30.1 Å². The van der Waals surface area contributed by atoms with Crippen LogP contribution in [-0.4, -0.2) is 43.8 Å². The molecule has 0 bridgehead atoms. The van der Waals surface area contributed by atoms with E-state index in [4.69, 9.17) is 0 Å². The third-order valence-corrected chi connectivity index (χ3v) is 4.94. The number of halogens is 2. The lowest BCUT2D eigenvalue weighted by Crippen LogP contribution is -2.45. The van der Waals surface area contributed by atoms with Crippen LogP contribution in [0.3, 0.4) is 0 Å². The Morgan fingerprint density at radius 2 is 2.00 bits per heavy atom. The molecule has 4 nitrogen and oxygen atoms in total. The molecule has 0 radical (unpaired) electrons. The third kappa shape index (κ3) is 4.02. The quantitative estimate of drug-likeness (QED) is 0.841. The zero-order valence-corrected chi connectivity index (χ0v) is 15.0. The van der Waals surface area contributed by atoms with Gasteiger partial charge in [0.1, 0.15) is 5.82 Å². The second-order valence-electron chi connectivity index (χ2n) is 6.69. The number of rotatable bonds is 4. The summed E-state index contributed by atoms with van der Waals surface area (Å²) in [6.07, 6.45) is 0.373. The van der Waals surface area contributed by atoms with Crippen molar-refractivity contribution in [2.45, 2.75) is 25.2 Å². The molecule has 1 saturated heterocycles. The smallest absolute Gasteiger partial charge is 0.258 e. The van der Waals surface area contributed by atoms with Gasteiger partial charge < -0.3 is 10.2 Å². The number of hydrogen-bond donors (Lipinski definition) is 1. The van der Waals surface area contributed by atoms with Crippen LogP contribution in [0.1, 0.15) is 23.2 Å². The molecule has 2 unspecified atom stereocenters. The summed E-state index contributed by atoms with van der Waals surface area (Å²) in [6.45, 7) is 0.708. The van der Waals surface area contributed by atoms with Gasteiger partial charge in [0, 0.05) is 37.4 Å². The highest BCUT2D eigenvalue weighted by molar-refractivity contribution is 6.04. The first kappa shape index (κ1) is 18.3. The minimum atomic E-state index is -0.944. The highest BCUT2D eigenvalue weighted by Crippen LogP contribution is 2.27. The van der Waals surface area contributed by atoms with Gasteiger partial charge >= 0.3 is 0 Å². The Morgan fingerprint density at radius 3 is 2.73 bits per heavy atom. The van der Waals surface area contributed by atoms with E-state index in [1.807, 2.05) is 30.1 Å². The van der Waals surface area contributed by atoms with Crippen molar-refractivity contribution in [3.05, 3.63) is 59.9 Å². The van der Waals surface area contributed by atoms with E-state index in [1.165, 1.54) is 12.1 Å². The molecule has 138 valence electrons. The molecule has 2 aromatic rings. The van der Waals surface area contributed by atoms with E-state index in [2.05, 4.69) is 5.32 Å². The molecular weight excluding hydrogens is 336 g/mol. The van der Waals surface area contributed by atoms with Crippen molar-refractivity contribution in [1.29, 1.82) is 0 Å². The van der Waals surface area contributed by atoms with Crippen LogP contribution in [0.25, 0.3) is 0 Å². The lowest BCUT2D eigenvalue weighted by molar-refractivity contribution is 0.0609. The molecule has 1 amide bonds. The summed E-state index contributed by atoms with van der Waals surface area (Å²) < 4.78 is 27.7. The van der Waals surface area contributed by atoms with Crippen molar-refractivity contribution in [3.63, 3.8) is 0 Å². The average Bonchev–Trinajstić information content (AvgIpc) is 2.64. The zero-order chi connectivity index (χ0) is 18.7. The third-order valence-electron chi connectivity index (χ3n) is 4.94. The maximum atomic E-state index is 14.0. The molecule has 0 spiro atoms. The average molecular weight is 359 g/mol. The highest BCUT2D eigenvalue weighted by Gasteiger charge is 2.28. The SMILES string of the molecule is CN1CCC(N(C)c2cccc(NC(=O)c3ccccc3F)c2)CC1F. The second-order valence-corrected chi connectivity index (χ2v) is 6.69. The van der Waals surface area contributed by atoms with Crippen LogP contribution in [0, 0.1) is 5.82 Å². The van der Waals surface area contributed by atoms with Crippen molar-refractivity contribution >= 4 is 17.3 Å². The van der Waals surface area contributed by atoms with Crippen LogP contribution in [0.5, 0.6) is 0 Å². The number of nitrogens with zero attached hydrogens (tertiary/aromatic N) is 2. The normalized spacial score (nSPS) is 20.6. The van der Waals surface area contributed by atoms with Crippen LogP contribution in [-0.2, 0) is 0 Å². The predicted molar refractivity (Wildman–Crippen MR) is 99.7 cm³/mol. The number of piperidine rings is 1. The van der Waals surface area contributed by atoms with Gasteiger partial charge in [0.05, 0.1) is 5.56 Å². The molecule has 1 fully saturated rings. The molecule has 0 saturated carbocycles. The zero-order valence-electron chi connectivity index (χ0n) is 15.0. The van der Waals surface area contributed by atoms with Gasteiger partial charge in [-0.2, -0.15) is 0 Å². The highest BCUT2D eigenvalue weighted by atomic mass is 19.1.